The number of phenolic OH excluding ortho intramolecular Hbond substituents is 1. The lowest BCUT2D eigenvalue weighted by Gasteiger charge is -2.15. The summed E-state index contributed by atoms with van der Waals surface area (Å²) in [5.74, 6) is -1.48. The van der Waals surface area contributed by atoms with Gasteiger partial charge in [-0.2, -0.15) is 21.9 Å². The van der Waals surface area contributed by atoms with Gasteiger partial charge < -0.3 is 14.5 Å². The minimum absolute atomic E-state index is 0.198. The smallest absolute Gasteiger partial charge is 0.386 e. The molecule has 14 heteroatoms. The summed E-state index contributed by atoms with van der Waals surface area (Å²) < 4.78 is 69.2. The number of anilines is 1. The van der Waals surface area contributed by atoms with E-state index in [2.05, 4.69) is 14.5 Å². The van der Waals surface area contributed by atoms with Crippen molar-refractivity contribution in [2.24, 2.45) is 9.21 Å². The van der Waals surface area contributed by atoms with Gasteiger partial charge in [-0.25, -0.2) is 0 Å². The average Bonchev–Trinajstić information content (AvgIpc) is 2.68. The van der Waals surface area contributed by atoms with Crippen molar-refractivity contribution in [3.05, 3.63) is 54.1 Å². The van der Waals surface area contributed by atoms with Crippen LogP contribution in [0.3, 0.4) is 0 Å². The van der Waals surface area contributed by atoms with Gasteiger partial charge in [0.25, 0.3) is 26.1 Å². The molecule has 0 aliphatic carbocycles. The first-order valence-corrected chi connectivity index (χ1v) is 11.6. The Bertz CT molecular complexity index is 1440. The molecule has 0 saturated heterocycles. The Morgan fingerprint density at radius 2 is 1.61 bits per heavy atom. The third-order valence-corrected chi connectivity index (χ3v) is 5.96. The molecule has 1 amide bonds. The molecule has 0 unspecified atom stereocenters. The standard InChI is InChI=1S/C17H12N3O8S2.Al/c18-20-15-13(30(26,27)28)7-10-6-11(29(23,24)25)8-12(14(10)16(15)21)19-17(22)9-4-2-1-3-5-9;/h1-8,21H,(H,19,22)(H,23,24,25)(H,26,27,28);/q-1;+1. The van der Waals surface area contributed by atoms with Crippen molar-refractivity contribution in [3.8, 4) is 5.75 Å². The lowest BCUT2D eigenvalue weighted by Crippen LogP contribution is -2.13. The van der Waals surface area contributed by atoms with Crippen molar-refractivity contribution >= 4 is 64.8 Å². The fraction of sp³-hybridized carbons (Fsp3) is 0. The van der Waals surface area contributed by atoms with Crippen LogP contribution in [0, 0.1) is 0 Å². The zero-order chi connectivity index (χ0) is 23.0. The molecule has 0 fully saturated rings. The lowest BCUT2D eigenvalue weighted by molar-refractivity contribution is 0.102. The SMILES string of the molecule is O=C(Nc1cc(S(=O)(=O)O)cc2cc(S(=O)(=O)O)c(N=[N][Al])c(O)c12)c1ccccc1. The summed E-state index contributed by atoms with van der Waals surface area (Å²) in [5.41, 5.74) is -0.704. The van der Waals surface area contributed by atoms with Crippen molar-refractivity contribution in [1.82, 2.24) is 0 Å². The van der Waals surface area contributed by atoms with Gasteiger partial charge >= 0.3 is 16.5 Å². The van der Waals surface area contributed by atoms with Gasteiger partial charge in [0.1, 0.15) is 10.6 Å². The molecule has 3 aromatic carbocycles. The number of carbonyl (C=O) groups excluding carboxylic acids is 1. The van der Waals surface area contributed by atoms with E-state index in [1.165, 1.54) is 12.1 Å². The molecule has 158 valence electrons. The zero-order valence-corrected chi connectivity index (χ0v) is 18.1. The summed E-state index contributed by atoms with van der Waals surface area (Å²) in [6.45, 7) is 0. The van der Waals surface area contributed by atoms with Crippen LogP contribution >= 0.6 is 0 Å². The van der Waals surface area contributed by atoms with Gasteiger partial charge in [-0.05, 0) is 35.7 Å². The zero-order valence-electron chi connectivity index (χ0n) is 15.3. The molecule has 0 aliphatic rings. The predicted octanol–water partition coefficient (Wildman–Crippen LogP) is 2.46. The molecule has 0 bridgehead atoms. The van der Waals surface area contributed by atoms with Crippen molar-refractivity contribution < 1.29 is 35.8 Å². The topological polar surface area (TPSA) is 183 Å². The fourth-order valence-electron chi connectivity index (χ4n) is 2.84. The third-order valence-electron chi connectivity index (χ3n) is 4.14. The number of fused-ring (bicyclic) bond motifs is 1. The molecule has 0 aromatic heterocycles. The van der Waals surface area contributed by atoms with Crippen molar-refractivity contribution in [2.75, 3.05) is 5.32 Å². The third kappa shape index (κ3) is 4.74. The maximum Gasteiger partial charge on any atom is 0.386 e. The monoisotopic (exact) mass is 477 g/mol. The van der Waals surface area contributed by atoms with Crippen LogP contribution in [-0.4, -0.2) is 53.5 Å². The normalized spacial score (nSPS) is 12.3. The van der Waals surface area contributed by atoms with E-state index in [1.807, 2.05) is 16.5 Å². The van der Waals surface area contributed by atoms with Crippen LogP contribution in [0.4, 0.5) is 11.4 Å². The van der Waals surface area contributed by atoms with Gasteiger partial charge in [0, 0.05) is 10.9 Å². The molecule has 2 radical (unpaired) electrons. The Hall–Kier alpha value is -2.86. The quantitative estimate of drug-likeness (QED) is 0.245. The number of nitrogens with zero attached hydrogens (tertiary/aromatic N) is 2. The summed E-state index contributed by atoms with van der Waals surface area (Å²) in [6.07, 6.45) is 0. The van der Waals surface area contributed by atoms with Gasteiger partial charge in [0.05, 0.1) is 10.6 Å². The second-order valence-electron chi connectivity index (χ2n) is 6.13. The van der Waals surface area contributed by atoms with E-state index in [0.717, 1.165) is 18.2 Å². The summed E-state index contributed by atoms with van der Waals surface area (Å²) in [5, 5.41) is 16.2. The summed E-state index contributed by atoms with van der Waals surface area (Å²) in [7, 11) is -9.71. The Balaban J connectivity index is 2.39. The van der Waals surface area contributed by atoms with Gasteiger partial charge in [-0.1, -0.05) is 18.2 Å². The number of amides is 1. The highest BCUT2D eigenvalue weighted by molar-refractivity contribution is 7.86. The van der Waals surface area contributed by atoms with E-state index in [0.29, 0.717) is 0 Å². The maximum absolute atomic E-state index is 12.6. The van der Waals surface area contributed by atoms with E-state index in [-0.39, 0.29) is 22.0 Å². The molecule has 0 spiro atoms. The first-order chi connectivity index (χ1) is 14.4. The maximum atomic E-state index is 12.6. The van der Waals surface area contributed by atoms with Crippen LogP contribution < -0.4 is 5.32 Å². The number of aromatic hydroxyl groups is 1. The van der Waals surface area contributed by atoms with Crippen LogP contribution in [0.5, 0.6) is 5.75 Å². The van der Waals surface area contributed by atoms with Crippen LogP contribution in [0.1, 0.15) is 10.4 Å². The van der Waals surface area contributed by atoms with Crippen LogP contribution in [0.15, 0.2) is 67.5 Å². The summed E-state index contributed by atoms with van der Waals surface area (Å²) in [4.78, 5) is 11.0. The average molecular weight is 477 g/mol. The van der Waals surface area contributed by atoms with E-state index in [9.17, 15) is 35.8 Å². The minimum Gasteiger partial charge on any atom is -0.505 e. The second kappa shape index (κ2) is 8.35. The molecule has 0 saturated carbocycles. The molecule has 0 atom stereocenters. The Morgan fingerprint density at radius 3 is 2.16 bits per heavy atom. The number of phenols is 1. The highest BCUT2D eigenvalue weighted by Crippen LogP contribution is 2.44. The molecule has 3 aromatic rings. The summed E-state index contributed by atoms with van der Waals surface area (Å²) >= 11 is 1.82. The van der Waals surface area contributed by atoms with Crippen LogP contribution in [0.25, 0.3) is 10.8 Å². The Labute approximate surface area is 184 Å². The number of carbonyl (C=O) groups is 1. The molecule has 11 nitrogen and oxygen atoms in total. The van der Waals surface area contributed by atoms with Crippen LogP contribution in [-0.2, 0) is 20.2 Å². The number of benzene rings is 3. The summed E-state index contributed by atoms with van der Waals surface area (Å²) in [6, 6.07) is 10.4. The Morgan fingerprint density at radius 1 is 0.968 bits per heavy atom. The van der Waals surface area contributed by atoms with Gasteiger partial charge in [-0.3, -0.25) is 13.9 Å². The van der Waals surface area contributed by atoms with E-state index >= 15 is 0 Å². The molecular formula is C17H12AlN3O8S2. The molecule has 0 heterocycles. The lowest BCUT2D eigenvalue weighted by atomic mass is 10.1. The molecular weight excluding hydrogens is 465 g/mol. The van der Waals surface area contributed by atoms with E-state index in [4.69, 9.17) is 0 Å². The first kappa shape index (κ1) is 22.8. The van der Waals surface area contributed by atoms with Gasteiger partial charge in [0.15, 0.2) is 5.75 Å². The minimum atomic E-state index is -4.92. The molecule has 31 heavy (non-hydrogen) atoms. The number of rotatable bonds is 5. The predicted molar refractivity (Wildman–Crippen MR) is 110 cm³/mol. The number of hydrogen-bond acceptors (Lipinski definition) is 8. The molecule has 0 aliphatic heterocycles. The highest BCUT2D eigenvalue weighted by atomic mass is 32.2. The fourth-order valence-corrected chi connectivity index (χ4v) is 4.16. The van der Waals surface area contributed by atoms with Gasteiger partial charge in [0.2, 0.25) is 0 Å². The molecule has 4 N–H and O–H groups in total. The van der Waals surface area contributed by atoms with E-state index in [1.54, 1.807) is 18.2 Å². The van der Waals surface area contributed by atoms with Crippen molar-refractivity contribution in [1.29, 1.82) is 0 Å². The molecule has 3 rings (SSSR count). The van der Waals surface area contributed by atoms with E-state index < -0.39 is 47.4 Å². The highest BCUT2D eigenvalue weighted by Gasteiger charge is 2.25. The second-order valence-corrected chi connectivity index (χ2v) is 9.17. The number of nitrogens with one attached hydrogen (secondary N) is 1. The first-order valence-electron chi connectivity index (χ1n) is 8.19. The van der Waals surface area contributed by atoms with Crippen molar-refractivity contribution in [3.63, 3.8) is 0 Å². The van der Waals surface area contributed by atoms with Crippen LogP contribution in [0.2, 0.25) is 0 Å². The van der Waals surface area contributed by atoms with Crippen molar-refractivity contribution in [2.45, 2.75) is 9.79 Å². The Kier molecular flexibility index (Phi) is 6.14. The van der Waals surface area contributed by atoms with Gasteiger partial charge in [-0.15, -0.1) is 0 Å². The number of hydrogen-bond donors (Lipinski definition) is 4. The largest absolute Gasteiger partial charge is 0.505 e.